The van der Waals surface area contributed by atoms with Crippen molar-refractivity contribution in [1.29, 1.82) is 0 Å². The first-order valence-electron chi connectivity index (χ1n) is 11.7. The summed E-state index contributed by atoms with van der Waals surface area (Å²) in [6, 6.07) is 11.1. The molecule has 2 heterocycles. The Morgan fingerprint density at radius 2 is 1.77 bits per heavy atom. The molecule has 8 nitrogen and oxygen atoms in total. The number of carbonyl (C=O) groups excluding carboxylic acids is 3. The Kier molecular flexibility index (Phi) is 7.87. The normalized spacial score (nSPS) is 20.3. The molecule has 2 aromatic rings. The van der Waals surface area contributed by atoms with E-state index in [-0.39, 0.29) is 29.2 Å². The molecule has 2 atom stereocenters. The van der Waals surface area contributed by atoms with Gasteiger partial charge >= 0.3 is 0 Å². The van der Waals surface area contributed by atoms with Gasteiger partial charge in [-0.1, -0.05) is 57.5 Å². The van der Waals surface area contributed by atoms with Gasteiger partial charge in [-0.05, 0) is 42.2 Å². The Morgan fingerprint density at radius 1 is 1.11 bits per heavy atom. The summed E-state index contributed by atoms with van der Waals surface area (Å²) >= 11 is 6.02. The molecule has 1 aliphatic heterocycles. The Hall–Kier alpha value is -2.97. The minimum absolute atomic E-state index is 0.103. The molecular weight excluding hydrogens is 468 g/mol. The lowest BCUT2D eigenvalue weighted by molar-refractivity contribution is -0.155. The number of aliphatic hydroxyl groups is 1. The maximum Gasteiger partial charge on any atom is 0.270 e. The average Bonchev–Trinajstić information content (AvgIpc) is 2.78. The highest BCUT2D eigenvalue weighted by molar-refractivity contribution is 6.30. The number of hydrogen-bond acceptors (Lipinski definition) is 5. The molecule has 35 heavy (non-hydrogen) atoms. The van der Waals surface area contributed by atoms with Gasteiger partial charge in [0, 0.05) is 30.5 Å². The van der Waals surface area contributed by atoms with Gasteiger partial charge in [-0.3, -0.25) is 14.4 Å². The Morgan fingerprint density at radius 3 is 2.34 bits per heavy atom. The quantitative estimate of drug-likeness (QED) is 0.561. The number of pyridine rings is 1. The standard InChI is InChI=1S/C26H33ClN4O4/c1-16(2)22(30-23(33)20-7-6-8-21(29-20)28-17(3)32)24(34)31-14-13-26(35,25(4,5)15-31)18-9-11-19(27)12-10-18/h6-12,16,22,35H,13-15H2,1-5H3,(H,30,33)(H,28,29,32)/t22-,26+/m1/s1. The minimum atomic E-state index is -1.13. The van der Waals surface area contributed by atoms with Crippen LogP contribution in [0.3, 0.4) is 0 Å². The van der Waals surface area contributed by atoms with Gasteiger partial charge in [0.05, 0.1) is 5.60 Å². The maximum atomic E-state index is 13.5. The van der Waals surface area contributed by atoms with Crippen LogP contribution in [0.5, 0.6) is 0 Å². The summed E-state index contributed by atoms with van der Waals surface area (Å²) < 4.78 is 0. The van der Waals surface area contributed by atoms with Crippen LogP contribution in [-0.4, -0.2) is 51.8 Å². The second-order valence-corrected chi connectivity index (χ2v) is 10.5. The van der Waals surface area contributed by atoms with Crippen LogP contribution in [-0.2, 0) is 15.2 Å². The SMILES string of the molecule is CC(=O)Nc1cccc(C(=O)N[C@@H](C(=O)N2CC[C@](O)(c3ccc(Cl)cc3)C(C)(C)C2)C(C)C)n1. The zero-order valence-corrected chi connectivity index (χ0v) is 21.5. The number of hydrogen-bond donors (Lipinski definition) is 3. The third-order valence-electron chi connectivity index (χ3n) is 6.59. The molecule has 3 amide bonds. The highest BCUT2D eigenvalue weighted by atomic mass is 35.5. The lowest BCUT2D eigenvalue weighted by Crippen LogP contribution is -2.60. The second kappa shape index (κ2) is 10.3. The Bertz CT molecular complexity index is 1100. The largest absolute Gasteiger partial charge is 0.384 e. The van der Waals surface area contributed by atoms with Crippen LogP contribution in [0.1, 0.15) is 57.1 Å². The van der Waals surface area contributed by atoms with Crippen LogP contribution in [0.25, 0.3) is 0 Å². The molecule has 9 heteroatoms. The summed E-state index contributed by atoms with van der Waals surface area (Å²) in [6.45, 7) is 9.61. The number of anilines is 1. The predicted octanol–water partition coefficient (Wildman–Crippen LogP) is 3.59. The number of carbonyl (C=O) groups is 3. The third kappa shape index (κ3) is 5.82. The minimum Gasteiger partial charge on any atom is -0.384 e. The zero-order chi connectivity index (χ0) is 26.0. The number of nitrogens with one attached hydrogen (secondary N) is 2. The number of nitrogens with zero attached hydrogens (tertiary/aromatic N) is 2. The Balaban J connectivity index is 1.76. The first-order chi connectivity index (χ1) is 16.3. The Labute approximate surface area is 211 Å². The van der Waals surface area contributed by atoms with Crippen molar-refractivity contribution in [3.63, 3.8) is 0 Å². The molecule has 0 spiro atoms. The second-order valence-electron chi connectivity index (χ2n) is 10.0. The molecule has 1 saturated heterocycles. The highest BCUT2D eigenvalue weighted by Gasteiger charge is 2.50. The van der Waals surface area contributed by atoms with Crippen molar-refractivity contribution in [2.45, 2.75) is 52.7 Å². The molecule has 1 aromatic carbocycles. The summed E-state index contributed by atoms with van der Waals surface area (Å²) in [5.41, 5.74) is -0.906. The monoisotopic (exact) mass is 500 g/mol. The van der Waals surface area contributed by atoms with E-state index in [0.717, 1.165) is 5.56 Å². The fraction of sp³-hybridized carbons (Fsp3) is 0.462. The van der Waals surface area contributed by atoms with Crippen LogP contribution in [0.15, 0.2) is 42.5 Å². The van der Waals surface area contributed by atoms with Gasteiger partial charge in [0.2, 0.25) is 11.8 Å². The number of aromatic nitrogens is 1. The van der Waals surface area contributed by atoms with Crippen LogP contribution in [0, 0.1) is 11.3 Å². The van der Waals surface area contributed by atoms with Crippen molar-refractivity contribution in [2.24, 2.45) is 11.3 Å². The molecule has 1 aliphatic rings. The van der Waals surface area contributed by atoms with Gasteiger partial charge < -0.3 is 20.6 Å². The van der Waals surface area contributed by atoms with Crippen LogP contribution >= 0.6 is 11.6 Å². The van der Waals surface area contributed by atoms with Crippen molar-refractivity contribution >= 4 is 35.1 Å². The van der Waals surface area contributed by atoms with E-state index < -0.39 is 23.0 Å². The van der Waals surface area contributed by atoms with E-state index in [1.165, 1.54) is 13.0 Å². The van der Waals surface area contributed by atoms with Gasteiger partial charge in [0.25, 0.3) is 5.91 Å². The van der Waals surface area contributed by atoms with E-state index in [1.807, 2.05) is 39.8 Å². The number of rotatable bonds is 6. The van der Waals surface area contributed by atoms with Crippen molar-refractivity contribution in [3.05, 3.63) is 58.7 Å². The van der Waals surface area contributed by atoms with E-state index in [2.05, 4.69) is 15.6 Å². The first-order valence-corrected chi connectivity index (χ1v) is 12.0. The van der Waals surface area contributed by atoms with E-state index >= 15 is 0 Å². The molecule has 1 fully saturated rings. The van der Waals surface area contributed by atoms with Crippen molar-refractivity contribution < 1.29 is 19.5 Å². The van der Waals surface area contributed by atoms with Crippen LogP contribution in [0.4, 0.5) is 5.82 Å². The summed E-state index contributed by atoms with van der Waals surface area (Å²) in [6.07, 6.45) is 0.354. The van der Waals surface area contributed by atoms with Crippen LogP contribution in [0.2, 0.25) is 5.02 Å². The molecule has 3 rings (SSSR count). The number of amides is 3. The van der Waals surface area contributed by atoms with Crippen molar-refractivity contribution in [1.82, 2.24) is 15.2 Å². The fourth-order valence-corrected chi connectivity index (χ4v) is 4.63. The fourth-order valence-electron chi connectivity index (χ4n) is 4.51. The van der Waals surface area contributed by atoms with Gasteiger partial charge in [-0.25, -0.2) is 4.98 Å². The maximum absolute atomic E-state index is 13.5. The lowest BCUT2D eigenvalue weighted by atomic mass is 9.66. The molecule has 3 N–H and O–H groups in total. The molecular formula is C26H33ClN4O4. The number of likely N-dealkylation sites (tertiary alicyclic amines) is 1. The first kappa shape index (κ1) is 26.6. The average molecular weight is 501 g/mol. The lowest BCUT2D eigenvalue weighted by Gasteiger charge is -2.51. The van der Waals surface area contributed by atoms with E-state index in [4.69, 9.17) is 11.6 Å². The summed E-state index contributed by atoms with van der Waals surface area (Å²) in [5, 5.41) is 17.6. The van der Waals surface area contributed by atoms with Crippen molar-refractivity contribution in [3.8, 4) is 0 Å². The van der Waals surface area contributed by atoms with Gasteiger partial charge in [0.1, 0.15) is 17.6 Å². The molecule has 0 aliphatic carbocycles. The van der Waals surface area contributed by atoms with Gasteiger partial charge in [0.15, 0.2) is 0 Å². The molecule has 0 unspecified atom stereocenters. The summed E-state index contributed by atoms with van der Waals surface area (Å²) in [4.78, 5) is 43.6. The van der Waals surface area contributed by atoms with E-state index in [1.54, 1.807) is 29.2 Å². The third-order valence-corrected chi connectivity index (χ3v) is 6.84. The number of halogens is 1. The predicted molar refractivity (Wildman–Crippen MR) is 135 cm³/mol. The number of piperidine rings is 1. The topological polar surface area (TPSA) is 112 Å². The summed E-state index contributed by atoms with van der Waals surface area (Å²) in [5.74, 6) is -0.922. The van der Waals surface area contributed by atoms with Gasteiger partial charge in [-0.2, -0.15) is 0 Å². The van der Waals surface area contributed by atoms with E-state index in [9.17, 15) is 19.5 Å². The number of benzene rings is 1. The van der Waals surface area contributed by atoms with E-state index in [0.29, 0.717) is 24.5 Å². The zero-order valence-electron chi connectivity index (χ0n) is 20.8. The highest BCUT2D eigenvalue weighted by Crippen LogP contribution is 2.46. The van der Waals surface area contributed by atoms with Gasteiger partial charge in [-0.15, -0.1) is 0 Å². The van der Waals surface area contributed by atoms with Crippen molar-refractivity contribution in [2.75, 3.05) is 18.4 Å². The molecule has 0 bridgehead atoms. The summed E-state index contributed by atoms with van der Waals surface area (Å²) in [7, 11) is 0. The smallest absolute Gasteiger partial charge is 0.270 e. The van der Waals surface area contributed by atoms with Crippen LogP contribution < -0.4 is 10.6 Å². The molecule has 1 aromatic heterocycles. The molecule has 0 saturated carbocycles. The molecule has 0 radical (unpaired) electrons. The molecule has 188 valence electrons.